The first-order valence-electron chi connectivity index (χ1n) is 15.6. The summed E-state index contributed by atoms with van der Waals surface area (Å²) in [5.41, 5.74) is 5.77. The number of aromatic nitrogens is 2. The van der Waals surface area contributed by atoms with Crippen LogP contribution in [-0.4, -0.2) is 84.5 Å². The maximum atomic E-state index is 11.9. The van der Waals surface area contributed by atoms with Gasteiger partial charge in [0.1, 0.15) is 5.82 Å². The van der Waals surface area contributed by atoms with E-state index in [9.17, 15) is 8.42 Å². The molecule has 8 heteroatoms. The lowest BCUT2D eigenvalue weighted by Gasteiger charge is -2.48. The molecule has 7 nitrogen and oxygen atoms in total. The van der Waals surface area contributed by atoms with E-state index in [0.29, 0.717) is 10.8 Å². The van der Waals surface area contributed by atoms with Gasteiger partial charge in [0.15, 0.2) is 9.84 Å². The van der Waals surface area contributed by atoms with Gasteiger partial charge >= 0.3 is 0 Å². The lowest BCUT2D eigenvalue weighted by atomic mass is 9.86. The molecule has 41 heavy (non-hydrogen) atoms. The molecule has 2 unspecified atom stereocenters. The molecular weight excluding hydrogens is 532 g/mol. The van der Waals surface area contributed by atoms with Crippen LogP contribution in [0.1, 0.15) is 68.4 Å². The van der Waals surface area contributed by atoms with E-state index in [-0.39, 0.29) is 0 Å². The normalized spacial score (nSPS) is 27.1. The zero-order valence-electron chi connectivity index (χ0n) is 24.8. The third-order valence-electron chi connectivity index (χ3n) is 10.6. The lowest BCUT2D eigenvalue weighted by molar-refractivity contribution is -0.0221. The maximum absolute atomic E-state index is 11.9. The molecule has 4 aliphatic heterocycles. The first-order chi connectivity index (χ1) is 19.8. The highest BCUT2D eigenvalue weighted by Crippen LogP contribution is 2.42. The Labute approximate surface area is 244 Å². The van der Waals surface area contributed by atoms with Gasteiger partial charge in [-0.25, -0.2) is 13.4 Å². The van der Waals surface area contributed by atoms with Crippen molar-refractivity contribution in [1.82, 2.24) is 19.4 Å². The Morgan fingerprint density at radius 2 is 1.51 bits per heavy atom. The van der Waals surface area contributed by atoms with Crippen LogP contribution in [0.15, 0.2) is 41.3 Å². The zero-order valence-corrected chi connectivity index (χ0v) is 25.6. The molecule has 3 aromatic rings. The summed E-state index contributed by atoms with van der Waals surface area (Å²) in [4.78, 5) is 11.1. The van der Waals surface area contributed by atoms with Crippen LogP contribution >= 0.6 is 0 Å². The SMILES string of the molecule is Cc1cc(C2CCN(C3CC4CCC(C3)N4C3CCOCC3)CC2)cc2c1nc(-c1ccc(S(C)(=O)=O)cc1)n2C. The van der Waals surface area contributed by atoms with Gasteiger partial charge < -0.3 is 14.2 Å². The predicted molar refractivity (Wildman–Crippen MR) is 163 cm³/mol. The molecule has 2 bridgehead atoms. The van der Waals surface area contributed by atoms with Gasteiger partial charge in [0, 0.05) is 56.2 Å². The van der Waals surface area contributed by atoms with Gasteiger partial charge in [-0.3, -0.25) is 4.90 Å². The Morgan fingerprint density at radius 3 is 2.15 bits per heavy atom. The van der Waals surface area contributed by atoms with Gasteiger partial charge in [-0.05, 0) is 119 Å². The van der Waals surface area contributed by atoms with E-state index >= 15 is 0 Å². The average molecular weight is 577 g/mol. The molecule has 1 aromatic heterocycles. The number of ether oxygens (including phenoxy) is 1. The van der Waals surface area contributed by atoms with Crippen molar-refractivity contribution in [2.75, 3.05) is 32.6 Å². The highest BCUT2D eigenvalue weighted by Gasteiger charge is 2.45. The summed E-state index contributed by atoms with van der Waals surface area (Å²) in [7, 11) is -1.15. The van der Waals surface area contributed by atoms with E-state index in [1.807, 2.05) is 12.1 Å². The summed E-state index contributed by atoms with van der Waals surface area (Å²) >= 11 is 0. The molecule has 4 aliphatic rings. The van der Waals surface area contributed by atoms with E-state index in [0.717, 1.165) is 59.8 Å². The molecule has 2 aromatic carbocycles. The van der Waals surface area contributed by atoms with Crippen LogP contribution < -0.4 is 0 Å². The number of fused-ring (bicyclic) bond motifs is 3. The van der Waals surface area contributed by atoms with Gasteiger partial charge in [-0.2, -0.15) is 0 Å². The minimum atomic E-state index is -3.22. The number of rotatable bonds is 5. The molecular formula is C33H44N4O3S. The molecule has 0 amide bonds. The van der Waals surface area contributed by atoms with Crippen molar-refractivity contribution >= 4 is 20.9 Å². The molecule has 0 N–H and O–H groups in total. The third kappa shape index (κ3) is 5.15. The molecule has 0 saturated carbocycles. The first kappa shape index (κ1) is 27.6. The number of sulfone groups is 1. The quantitative estimate of drug-likeness (QED) is 0.410. The van der Waals surface area contributed by atoms with E-state index in [1.165, 1.54) is 81.8 Å². The monoisotopic (exact) mass is 576 g/mol. The third-order valence-corrected chi connectivity index (χ3v) is 11.8. The van der Waals surface area contributed by atoms with Crippen molar-refractivity contribution in [3.63, 3.8) is 0 Å². The highest BCUT2D eigenvalue weighted by atomic mass is 32.2. The topological polar surface area (TPSA) is 67.7 Å². The van der Waals surface area contributed by atoms with Gasteiger partial charge in [0.25, 0.3) is 0 Å². The van der Waals surface area contributed by atoms with Crippen molar-refractivity contribution in [1.29, 1.82) is 0 Å². The van der Waals surface area contributed by atoms with E-state index in [2.05, 4.69) is 40.5 Å². The summed E-state index contributed by atoms with van der Waals surface area (Å²) in [6, 6.07) is 14.9. The number of nitrogens with zero attached hydrogens (tertiary/aromatic N) is 4. The minimum Gasteiger partial charge on any atom is -0.381 e. The number of hydrogen-bond donors (Lipinski definition) is 0. The van der Waals surface area contributed by atoms with Crippen LogP contribution in [0.25, 0.3) is 22.4 Å². The van der Waals surface area contributed by atoms with Gasteiger partial charge in [0.05, 0.1) is 15.9 Å². The largest absolute Gasteiger partial charge is 0.381 e. The van der Waals surface area contributed by atoms with Gasteiger partial charge in [-0.15, -0.1) is 0 Å². The van der Waals surface area contributed by atoms with Crippen molar-refractivity contribution in [3.8, 4) is 11.4 Å². The standard InChI is InChI=1S/C33H44N4O3S/c1-22-18-25(19-31-32(22)34-33(35(31)2)24-4-8-30(9-5-24)41(3,38)39)23-10-14-36(15-11-23)29-20-27-6-7-28(21-29)37(27)26-12-16-40-17-13-26/h4-5,8-9,18-19,23,26-29H,6-7,10-17,20-21H2,1-3H3. The number of aryl methyl sites for hydroxylation is 2. The molecule has 0 radical (unpaired) electrons. The number of piperidine rings is 2. The Hall–Kier alpha value is -2.26. The molecule has 220 valence electrons. The van der Waals surface area contributed by atoms with Crippen LogP contribution in [0.3, 0.4) is 0 Å². The van der Waals surface area contributed by atoms with E-state index in [4.69, 9.17) is 9.72 Å². The summed E-state index contributed by atoms with van der Waals surface area (Å²) in [6.45, 7) is 6.47. The second kappa shape index (κ2) is 10.8. The summed E-state index contributed by atoms with van der Waals surface area (Å²) in [6.07, 6.45) is 11.6. The lowest BCUT2D eigenvalue weighted by Crippen LogP contribution is -2.55. The van der Waals surface area contributed by atoms with E-state index < -0.39 is 9.84 Å². The molecule has 4 saturated heterocycles. The Bertz CT molecular complexity index is 1500. The Balaban J connectivity index is 1.04. The maximum Gasteiger partial charge on any atom is 0.175 e. The second-order valence-corrected chi connectivity index (χ2v) is 15.1. The van der Waals surface area contributed by atoms with Crippen molar-refractivity contribution in [3.05, 3.63) is 47.5 Å². The summed E-state index contributed by atoms with van der Waals surface area (Å²) in [5, 5.41) is 0. The van der Waals surface area contributed by atoms with Crippen molar-refractivity contribution in [2.45, 2.75) is 93.3 Å². The molecule has 0 aliphatic carbocycles. The summed E-state index contributed by atoms with van der Waals surface area (Å²) in [5.74, 6) is 1.46. The smallest absolute Gasteiger partial charge is 0.175 e. The minimum absolute atomic E-state index is 0.336. The number of likely N-dealkylation sites (tertiary alicyclic amines) is 1. The molecule has 2 atom stereocenters. The Morgan fingerprint density at radius 1 is 0.854 bits per heavy atom. The number of hydrogen-bond acceptors (Lipinski definition) is 6. The van der Waals surface area contributed by atoms with Crippen molar-refractivity contribution in [2.24, 2.45) is 7.05 Å². The van der Waals surface area contributed by atoms with Crippen LogP contribution in [0.5, 0.6) is 0 Å². The van der Waals surface area contributed by atoms with Gasteiger partial charge in [0.2, 0.25) is 0 Å². The second-order valence-electron chi connectivity index (χ2n) is 13.1. The van der Waals surface area contributed by atoms with E-state index in [1.54, 1.807) is 12.1 Å². The molecule has 5 heterocycles. The van der Waals surface area contributed by atoms with Crippen LogP contribution in [0.2, 0.25) is 0 Å². The van der Waals surface area contributed by atoms with Gasteiger partial charge in [-0.1, -0.05) is 6.07 Å². The number of imidazole rings is 1. The fraction of sp³-hybridized carbons (Fsp3) is 0.606. The fourth-order valence-electron chi connectivity index (χ4n) is 8.49. The van der Waals surface area contributed by atoms with Crippen LogP contribution in [0.4, 0.5) is 0 Å². The van der Waals surface area contributed by atoms with Crippen LogP contribution in [-0.2, 0) is 21.6 Å². The molecule has 0 spiro atoms. The fourth-order valence-corrected chi connectivity index (χ4v) is 9.12. The molecule has 7 rings (SSSR count). The average Bonchev–Trinajstić information content (AvgIpc) is 3.45. The molecule has 4 fully saturated rings. The predicted octanol–water partition coefficient (Wildman–Crippen LogP) is 5.31. The van der Waals surface area contributed by atoms with Crippen molar-refractivity contribution < 1.29 is 13.2 Å². The number of benzene rings is 2. The van der Waals surface area contributed by atoms with Crippen LogP contribution in [0, 0.1) is 6.92 Å². The summed E-state index contributed by atoms with van der Waals surface area (Å²) < 4.78 is 31.6. The first-order valence-corrected chi connectivity index (χ1v) is 17.5. The Kier molecular flexibility index (Phi) is 7.25. The highest BCUT2D eigenvalue weighted by molar-refractivity contribution is 7.90. The zero-order chi connectivity index (χ0) is 28.3.